The molecule has 0 saturated heterocycles. The van der Waals surface area contributed by atoms with Gasteiger partial charge in [0, 0.05) is 18.5 Å². The molecular weight excluding hydrogens is 252 g/mol. The summed E-state index contributed by atoms with van der Waals surface area (Å²) in [5, 5.41) is 12.6. The van der Waals surface area contributed by atoms with Crippen molar-refractivity contribution in [2.75, 3.05) is 6.61 Å². The Morgan fingerprint density at radius 2 is 2.50 bits per heavy atom. The van der Waals surface area contributed by atoms with Crippen LogP contribution in [0.15, 0.2) is 30.6 Å². The number of hydrogen-bond donors (Lipinski definition) is 2. The fourth-order valence-electron chi connectivity index (χ4n) is 2.91. The zero-order chi connectivity index (χ0) is 14.4. The summed E-state index contributed by atoms with van der Waals surface area (Å²) in [5.74, 6) is 0.385. The number of aromatic nitrogens is 1. The third-order valence-electron chi connectivity index (χ3n) is 3.89. The van der Waals surface area contributed by atoms with E-state index in [2.05, 4.69) is 17.2 Å². The number of pyridine rings is 1. The number of rotatable bonds is 4. The molecule has 4 heteroatoms. The van der Waals surface area contributed by atoms with Crippen LogP contribution in [0.3, 0.4) is 0 Å². The fraction of sp³-hybridized carbons (Fsp3) is 0.500. The monoisotopic (exact) mass is 274 g/mol. The smallest absolute Gasteiger partial charge is 0.244 e. The van der Waals surface area contributed by atoms with E-state index in [-0.39, 0.29) is 12.5 Å². The first-order chi connectivity index (χ1) is 9.63. The molecule has 0 aliphatic heterocycles. The third kappa shape index (κ3) is 3.90. The van der Waals surface area contributed by atoms with E-state index in [9.17, 15) is 9.90 Å². The number of nitrogens with one attached hydrogen (secondary N) is 1. The summed E-state index contributed by atoms with van der Waals surface area (Å²) >= 11 is 0. The minimum Gasteiger partial charge on any atom is -0.394 e. The molecule has 2 rings (SSSR count). The minimum atomic E-state index is -0.450. The number of carbonyl (C=O) groups is 1. The van der Waals surface area contributed by atoms with Gasteiger partial charge >= 0.3 is 0 Å². The normalized spacial score (nSPS) is 26.6. The van der Waals surface area contributed by atoms with Crippen molar-refractivity contribution in [1.82, 2.24) is 10.3 Å². The van der Waals surface area contributed by atoms with E-state index in [1.165, 1.54) is 12.5 Å². The van der Waals surface area contributed by atoms with Crippen LogP contribution in [0.4, 0.5) is 0 Å². The molecule has 1 aliphatic rings. The predicted octanol–water partition coefficient (Wildman–Crippen LogP) is 2.15. The molecule has 1 aromatic heterocycles. The Labute approximate surface area is 119 Å². The minimum absolute atomic E-state index is 0.00378. The molecule has 2 N–H and O–H groups in total. The van der Waals surface area contributed by atoms with Gasteiger partial charge in [-0.15, -0.1) is 0 Å². The molecule has 1 aromatic rings. The molecular formula is C16H22N2O2. The molecule has 1 amide bonds. The number of aliphatic hydroxyl groups excluding tert-OH is 1. The van der Waals surface area contributed by atoms with Crippen LogP contribution in [0.5, 0.6) is 0 Å². The molecule has 1 aliphatic carbocycles. The number of amides is 1. The highest BCUT2D eigenvalue weighted by molar-refractivity contribution is 5.92. The summed E-state index contributed by atoms with van der Waals surface area (Å²) in [6.45, 7) is 2.17. The van der Waals surface area contributed by atoms with E-state index >= 15 is 0 Å². The lowest BCUT2D eigenvalue weighted by atomic mass is 9.77. The van der Waals surface area contributed by atoms with Crippen molar-refractivity contribution in [3.63, 3.8) is 0 Å². The lowest BCUT2D eigenvalue weighted by molar-refractivity contribution is -0.119. The molecule has 0 spiro atoms. The van der Waals surface area contributed by atoms with Crippen molar-refractivity contribution >= 4 is 12.0 Å². The third-order valence-corrected chi connectivity index (χ3v) is 3.89. The molecule has 1 saturated carbocycles. The van der Waals surface area contributed by atoms with E-state index in [1.807, 2.05) is 12.1 Å². The quantitative estimate of drug-likeness (QED) is 0.827. The Hall–Kier alpha value is -1.68. The van der Waals surface area contributed by atoms with Gasteiger partial charge in [-0.1, -0.05) is 25.8 Å². The fourth-order valence-corrected chi connectivity index (χ4v) is 2.91. The largest absolute Gasteiger partial charge is 0.394 e. The first-order valence-corrected chi connectivity index (χ1v) is 7.15. The molecule has 108 valence electrons. The highest BCUT2D eigenvalue weighted by Gasteiger charge is 2.35. The number of carbonyl (C=O) groups excluding carboxylic acids is 1. The standard InChI is InChI=1S/C16H22N2O2/c1-13-4-2-8-16(10-13,12-19)18-15(20)7-6-14-5-3-9-17-11-14/h3,5-7,9,11,13,19H,2,4,8,10,12H2,1H3,(H,18,20). The van der Waals surface area contributed by atoms with Crippen molar-refractivity contribution < 1.29 is 9.90 Å². The van der Waals surface area contributed by atoms with Gasteiger partial charge in [0.15, 0.2) is 0 Å². The second-order valence-electron chi connectivity index (χ2n) is 5.75. The van der Waals surface area contributed by atoms with Gasteiger partial charge in [-0.2, -0.15) is 0 Å². The van der Waals surface area contributed by atoms with Gasteiger partial charge < -0.3 is 10.4 Å². The second-order valence-corrected chi connectivity index (χ2v) is 5.75. The number of aliphatic hydroxyl groups is 1. The molecule has 0 bridgehead atoms. The van der Waals surface area contributed by atoms with Crippen LogP contribution < -0.4 is 5.32 Å². The lowest BCUT2D eigenvalue weighted by Gasteiger charge is -2.39. The zero-order valence-corrected chi connectivity index (χ0v) is 11.9. The van der Waals surface area contributed by atoms with Crippen LogP contribution in [-0.4, -0.2) is 28.1 Å². The second kappa shape index (κ2) is 6.66. The molecule has 0 aromatic carbocycles. The Bertz CT molecular complexity index is 473. The van der Waals surface area contributed by atoms with Crippen molar-refractivity contribution in [3.05, 3.63) is 36.2 Å². The summed E-state index contributed by atoms with van der Waals surface area (Å²) in [6.07, 6.45) is 10.6. The predicted molar refractivity (Wildman–Crippen MR) is 78.9 cm³/mol. The maximum Gasteiger partial charge on any atom is 0.244 e. The van der Waals surface area contributed by atoms with Crippen molar-refractivity contribution in [3.8, 4) is 0 Å². The zero-order valence-electron chi connectivity index (χ0n) is 11.9. The Morgan fingerprint density at radius 3 is 3.15 bits per heavy atom. The summed E-state index contributed by atoms with van der Waals surface area (Å²) in [7, 11) is 0. The van der Waals surface area contributed by atoms with Gasteiger partial charge in [0.1, 0.15) is 0 Å². The Kier molecular flexibility index (Phi) is 4.90. The van der Waals surface area contributed by atoms with Crippen LogP contribution in [0.25, 0.3) is 6.08 Å². The van der Waals surface area contributed by atoms with E-state index < -0.39 is 5.54 Å². The summed E-state index contributed by atoms with van der Waals surface area (Å²) < 4.78 is 0. The summed E-state index contributed by atoms with van der Waals surface area (Å²) in [6, 6.07) is 3.72. The maximum absolute atomic E-state index is 12.0. The van der Waals surface area contributed by atoms with Crippen molar-refractivity contribution in [1.29, 1.82) is 0 Å². The number of nitrogens with zero attached hydrogens (tertiary/aromatic N) is 1. The van der Waals surface area contributed by atoms with Gasteiger partial charge in [-0.3, -0.25) is 9.78 Å². The van der Waals surface area contributed by atoms with Gasteiger partial charge in [-0.05, 0) is 36.5 Å². The molecule has 2 unspecified atom stereocenters. The van der Waals surface area contributed by atoms with Crippen LogP contribution in [0.2, 0.25) is 0 Å². The van der Waals surface area contributed by atoms with E-state index in [0.29, 0.717) is 5.92 Å². The van der Waals surface area contributed by atoms with E-state index in [4.69, 9.17) is 0 Å². The summed E-state index contributed by atoms with van der Waals surface area (Å²) in [4.78, 5) is 16.0. The molecule has 0 radical (unpaired) electrons. The maximum atomic E-state index is 12.0. The van der Waals surface area contributed by atoms with Crippen LogP contribution >= 0.6 is 0 Å². The Balaban J connectivity index is 1.97. The first-order valence-electron chi connectivity index (χ1n) is 7.15. The topological polar surface area (TPSA) is 62.2 Å². The molecule has 20 heavy (non-hydrogen) atoms. The highest BCUT2D eigenvalue weighted by atomic mass is 16.3. The van der Waals surface area contributed by atoms with E-state index in [0.717, 1.165) is 24.8 Å². The summed E-state index contributed by atoms with van der Waals surface area (Å²) in [5.41, 5.74) is 0.436. The average Bonchev–Trinajstić information content (AvgIpc) is 2.46. The van der Waals surface area contributed by atoms with Crippen LogP contribution in [0, 0.1) is 5.92 Å². The van der Waals surface area contributed by atoms with Crippen LogP contribution in [0.1, 0.15) is 38.2 Å². The first kappa shape index (κ1) is 14.7. The molecule has 1 fully saturated rings. The van der Waals surface area contributed by atoms with E-state index in [1.54, 1.807) is 18.5 Å². The van der Waals surface area contributed by atoms with Gasteiger partial charge in [0.05, 0.1) is 12.1 Å². The Morgan fingerprint density at radius 1 is 1.65 bits per heavy atom. The molecule has 4 nitrogen and oxygen atoms in total. The van der Waals surface area contributed by atoms with Crippen LogP contribution in [-0.2, 0) is 4.79 Å². The molecule has 1 heterocycles. The van der Waals surface area contributed by atoms with Gasteiger partial charge in [0.2, 0.25) is 5.91 Å². The number of hydrogen-bond acceptors (Lipinski definition) is 3. The van der Waals surface area contributed by atoms with Crippen molar-refractivity contribution in [2.24, 2.45) is 5.92 Å². The average molecular weight is 274 g/mol. The SMILES string of the molecule is CC1CCCC(CO)(NC(=O)C=Cc2cccnc2)C1. The lowest BCUT2D eigenvalue weighted by Crippen LogP contribution is -2.53. The van der Waals surface area contributed by atoms with Gasteiger partial charge in [-0.25, -0.2) is 0 Å². The highest BCUT2D eigenvalue weighted by Crippen LogP contribution is 2.31. The van der Waals surface area contributed by atoms with Crippen molar-refractivity contribution in [2.45, 2.75) is 38.1 Å². The molecule has 2 atom stereocenters. The van der Waals surface area contributed by atoms with Gasteiger partial charge in [0.25, 0.3) is 0 Å².